The lowest BCUT2D eigenvalue weighted by atomic mass is 9.97. The molecule has 1 aromatic rings. The number of allylic oxidation sites excluding steroid dienone is 1. The Balaban J connectivity index is 1.42. The zero-order chi connectivity index (χ0) is 19.8. The molecule has 0 atom stereocenters. The van der Waals surface area contributed by atoms with E-state index in [-0.39, 0.29) is 12.5 Å². The van der Waals surface area contributed by atoms with Gasteiger partial charge in [-0.05, 0) is 50.7 Å². The Hall–Kier alpha value is -2.83. The molecule has 0 aromatic heterocycles. The summed E-state index contributed by atoms with van der Waals surface area (Å²) in [6, 6.07) is 6.91. The van der Waals surface area contributed by atoms with Crippen molar-refractivity contribution < 1.29 is 14.4 Å². The summed E-state index contributed by atoms with van der Waals surface area (Å²) in [5.74, 6) is -0.330. The summed E-state index contributed by atoms with van der Waals surface area (Å²) in [6.45, 7) is 1.17. The van der Waals surface area contributed by atoms with Crippen molar-refractivity contribution in [3.8, 4) is 0 Å². The summed E-state index contributed by atoms with van der Waals surface area (Å²) >= 11 is 0. The molecule has 1 aliphatic carbocycles. The molecule has 2 aliphatic rings. The van der Waals surface area contributed by atoms with E-state index in [1.165, 1.54) is 18.4 Å². The molecule has 3 rings (SSSR count). The highest BCUT2D eigenvalue weighted by atomic mass is 16.2. The maximum atomic E-state index is 12.1. The van der Waals surface area contributed by atoms with Crippen molar-refractivity contribution in [1.82, 2.24) is 10.6 Å². The summed E-state index contributed by atoms with van der Waals surface area (Å²) in [6.07, 6.45) is 9.15. The average molecular weight is 384 g/mol. The van der Waals surface area contributed by atoms with Gasteiger partial charge in [-0.3, -0.25) is 14.9 Å². The second kappa shape index (κ2) is 9.92. The first-order valence-electron chi connectivity index (χ1n) is 10.0. The van der Waals surface area contributed by atoms with E-state index in [2.05, 4.69) is 22.0 Å². The van der Waals surface area contributed by atoms with E-state index < -0.39 is 11.9 Å². The molecule has 1 fully saturated rings. The Kier molecular flexibility index (Phi) is 7.06. The first-order chi connectivity index (χ1) is 13.6. The van der Waals surface area contributed by atoms with Crippen LogP contribution in [0.15, 0.2) is 35.9 Å². The van der Waals surface area contributed by atoms with E-state index in [0.717, 1.165) is 31.4 Å². The second-order valence-corrected chi connectivity index (χ2v) is 7.18. The molecule has 1 saturated heterocycles. The number of hydrogen-bond donors (Lipinski definition) is 3. The third kappa shape index (κ3) is 5.58. The van der Waals surface area contributed by atoms with Crippen molar-refractivity contribution in [3.63, 3.8) is 0 Å². The Morgan fingerprint density at radius 3 is 2.68 bits per heavy atom. The minimum Gasteiger partial charge on any atom is -0.374 e. The highest BCUT2D eigenvalue weighted by Crippen LogP contribution is 2.29. The number of rotatable bonds is 7. The second-order valence-electron chi connectivity index (χ2n) is 7.18. The van der Waals surface area contributed by atoms with Crippen LogP contribution in [0.1, 0.15) is 44.9 Å². The zero-order valence-electron chi connectivity index (χ0n) is 16.1. The predicted octanol–water partition coefficient (Wildman–Crippen LogP) is 2.94. The summed E-state index contributed by atoms with van der Waals surface area (Å²) in [4.78, 5) is 37.7. The summed E-state index contributed by atoms with van der Waals surface area (Å²) in [5, 5.41) is 8.09. The van der Waals surface area contributed by atoms with Gasteiger partial charge in [0.2, 0.25) is 11.8 Å². The maximum Gasteiger partial charge on any atom is 0.321 e. The largest absolute Gasteiger partial charge is 0.374 e. The molecule has 4 amide bonds. The smallest absolute Gasteiger partial charge is 0.321 e. The molecule has 0 saturated carbocycles. The van der Waals surface area contributed by atoms with Crippen LogP contribution in [0.25, 0.3) is 0 Å². The van der Waals surface area contributed by atoms with Crippen molar-refractivity contribution in [1.29, 1.82) is 0 Å². The first-order valence-corrected chi connectivity index (χ1v) is 10.0. The monoisotopic (exact) mass is 384 g/mol. The van der Waals surface area contributed by atoms with Crippen LogP contribution in [0, 0.1) is 0 Å². The number of nitrogens with zero attached hydrogens (tertiary/aromatic N) is 1. The van der Waals surface area contributed by atoms with Gasteiger partial charge in [0, 0.05) is 19.5 Å². The molecule has 150 valence electrons. The SMILES string of the molecule is O=C(CNc1ccccc1N1CCCC1=O)NC(=O)NCCC1=CCCCC1. The molecule has 1 aliphatic heterocycles. The molecule has 1 heterocycles. The Bertz CT molecular complexity index is 760. The van der Waals surface area contributed by atoms with Gasteiger partial charge in [-0.15, -0.1) is 0 Å². The lowest BCUT2D eigenvalue weighted by Crippen LogP contribution is -2.42. The number of carbonyl (C=O) groups excluding carboxylic acids is 3. The third-order valence-corrected chi connectivity index (χ3v) is 5.08. The van der Waals surface area contributed by atoms with Crippen LogP contribution in [-0.2, 0) is 9.59 Å². The van der Waals surface area contributed by atoms with Crippen LogP contribution >= 0.6 is 0 Å². The third-order valence-electron chi connectivity index (χ3n) is 5.08. The van der Waals surface area contributed by atoms with Crippen LogP contribution < -0.4 is 20.9 Å². The van der Waals surface area contributed by atoms with Gasteiger partial charge in [-0.1, -0.05) is 23.8 Å². The maximum absolute atomic E-state index is 12.1. The van der Waals surface area contributed by atoms with E-state index in [1.807, 2.05) is 24.3 Å². The van der Waals surface area contributed by atoms with Gasteiger partial charge in [0.05, 0.1) is 17.9 Å². The summed E-state index contributed by atoms with van der Waals surface area (Å²) in [7, 11) is 0. The Morgan fingerprint density at radius 2 is 1.93 bits per heavy atom. The molecule has 0 unspecified atom stereocenters. The van der Waals surface area contributed by atoms with Gasteiger partial charge < -0.3 is 15.5 Å². The number of anilines is 2. The van der Waals surface area contributed by atoms with Gasteiger partial charge in [-0.25, -0.2) is 4.79 Å². The van der Waals surface area contributed by atoms with Crippen LogP contribution in [-0.4, -0.2) is 37.5 Å². The van der Waals surface area contributed by atoms with E-state index in [4.69, 9.17) is 0 Å². The number of amides is 4. The van der Waals surface area contributed by atoms with Crippen LogP contribution in [0.2, 0.25) is 0 Å². The molecule has 7 heteroatoms. The Morgan fingerprint density at radius 1 is 1.07 bits per heavy atom. The number of para-hydroxylation sites is 2. The summed E-state index contributed by atoms with van der Waals surface area (Å²) < 4.78 is 0. The highest BCUT2D eigenvalue weighted by molar-refractivity contribution is 6.00. The van der Waals surface area contributed by atoms with Crippen molar-refractivity contribution in [2.24, 2.45) is 0 Å². The van der Waals surface area contributed by atoms with Gasteiger partial charge >= 0.3 is 6.03 Å². The average Bonchev–Trinajstić information content (AvgIpc) is 3.13. The van der Waals surface area contributed by atoms with Gasteiger partial charge in [0.15, 0.2) is 0 Å². The van der Waals surface area contributed by atoms with E-state index in [0.29, 0.717) is 25.2 Å². The first kappa shape index (κ1) is 19.9. The molecule has 1 aromatic carbocycles. The number of carbonyl (C=O) groups is 3. The van der Waals surface area contributed by atoms with E-state index in [1.54, 1.807) is 4.90 Å². The molecule has 0 spiro atoms. The normalized spacial score (nSPS) is 16.5. The number of hydrogen-bond acceptors (Lipinski definition) is 4. The zero-order valence-corrected chi connectivity index (χ0v) is 16.1. The lowest BCUT2D eigenvalue weighted by Gasteiger charge is -2.20. The van der Waals surface area contributed by atoms with Gasteiger partial charge in [0.25, 0.3) is 0 Å². The van der Waals surface area contributed by atoms with Crippen molar-refractivity contribution in [2.45, 2.75) is 44.9 Å². The fourth-order valence-corrected chi connectivity index (χ4v) is 3.62. The van der Waals surface area contributed by atoms with Gasteiger partial charge in [0.1, 0.15) is 0 Å². The van der Waals surface area contributed by atoms with Crippen molar-refractivity contribution in [3.05, 3.63) is 35.9 Å². The molecule has 28 heavy (non-hydrogen) atoms. The molecular formula is C21H28N4O3. The van der Waals surface area contributed by atoms with Crippen molar-refractivity contribution in [2.75, 3.05) is 29.9 Å². The van der Waals surface area contributed by atoms with E-state index in [9.17, 15) is 14.4 Å². The molecule has 3 N–H and O–H groups in total. The number of imide groups is 1. The van der Waals surface area contributed by atoms with Crippen LogP contribution in [0.3, 0.4) is 0 Å². The summed E-state index contributed by atoms with van der Waals surface area (Å²) in [5.41, 5.74) is 2.85. The number of nitrogens with one attached hydrogen (secondary N) is 3. The minimum absolute atomic E-state index is 0.0440. The minimum atomic E-state index is -0.480. The molecule has 0 radical (unpaired) electrons. The fraction of sp³-hybridized carbons (Fsp3) is 0.476. The number of urea groups is 1. The van der Waals surface area contributed by atoms with Crippen LogP contribution in [0.4, 0.5) is 16.2 Å². The number of benzene rings is 1. The molecule has 7 nitrogen and oxygen atoms in total. The van der Waals surface area contributed by atoms with E-state index >= 15 is 0 Å². The molecule has 0 bridgehead atoms. The van der Waals surface area contributed by atoms with Crippen LogP contribution in [0.5, 0.6) is 0 Å². The quantitative estimate of drug-likeness (QED) is 0.631. The topological polar surface area (TPSA) is 90.5 Å². The molecular weight excluding hydrogens is 356 g/mol. The lowest BCUT2D eigenvalue weighted by molar-refractivity contribution is -0.118. The Labute approximate surface area is 165 Å². The fourth-order valence-electron chi connectivity index (χ4n) is 3.62. The van der Waals surface area contributed by atoms with Crippen molar-refractivity contribution >= 4 is 29.2 Å². The highest BCUT2D eigenvalue weighted by Gasteiger charge is 2.23. The van der Waals surface area contributed by atoms with Gasteiger partial charge in [-0.2, -0.15) is 0 Å². The predicted molar refractivity (Wildman–Crippen MR) is 109 cm³/mol. The standard InChI is InChI=1S/C21H28N4O3/c26-19(24-21(28)22-13-12-16-7-2-1-3-8-16)15-23-17-9-4-5-10-18(17)25-14-6-11-20(25)27/h4-5,7,9-10,23H,1-3,6,8,11-15H2,(H2,22,24,26,28).